The van der Waals surface area contributed by atoms with Crippen LogP contribution in [0, 0.1) is 13.8 Å². The minimum Gasteiger partial charge on any atom is -0.496 e. The molecule has 0 aliphatic heterocycles. The van der Waals surface area contributed by atoms with Crippen LogP contribution in [0.5, 0.6) is 5.75 Å². The van der Waals surface area contributed by atoms with Gasteiger partial charge in [-0.2, -0.15) is 0 Å². The van der Waals surface area contributed by atoms with Gasteiger partial charge in [0.05, 0.1) is 7.11 Å². The molecule has 0 heterocycles. The average Bonchev–Trinajstić information content (AvgIpc) is 2.38. The highest BCUT2D eigenvalue weighted by atomic mass is 16.5. The van der Waals surface area contributed by atoms with Crippen LogP contribution in [0.4, 0.5) is 0 Å². The van der Waals surface area contributed by atoms with Crippen molar-refractivity contribution in [3.05, 3.63) is 41.0 Å². The summed E-state index contributed by atoms with van der Waals surface area (Å²) in [5, 5.41) is 11.0. The van der Waals surface area contributed by atoms with Crippen molar-refractivity contribution in [3.63, 3.8) is 0 Å². The van der Waals surface area contributed by atoms with Gasteiger partial charge in [0.1, 0.15) is 5.75 Å². The summed E-state index contributed by atoms with van der Waals surface area (Å²) in [7, 11) is 1.61. The van der Waals surface area contributed by atoms with Crippen molar-refractivity contribution >= 4 is 11.9 Å². The second-order valence-corrected chi connectivity index (χ2v) is 4.07. The van der Waals surface area contributed by atoms with Crippen molar-refractivity contribution < 1.29 is 19.4 Å². The quantitative estimate of drug-likeness (QED) is 0.791. The first-order chi connectivity index (χ1) is 8.95. The van der Waals surface area contributed by atoms with Crippen LogP contribution in [0.15, 0.2) is 24.3 Å². The predicted molar refractivity (Wildman–Crippen MR) is 71.1 cm³/mol. The van der Waals surface area contributed by atoms with E-state index in [4.69, 9.17) is 9.84 Å². The van der Waals surface area contributed by atoms with Gasteiger partial charge in [-0.05, 0) is 36.6 Å². The first-order valence-electron chi connectivity index (χ1n) is 5.77. The van der Waals surface area contributed by atoms with Crippen LogP contribution in [0.3, 0.4) is 0 Å². The summed E-state index contributed by atoms with van der Waals surface area (Å²) < 4.78 is 5.21. The SMILES string of the molecule is COc1ccc(CNC(=O)/C=C/C(=O)O)c(C)c1C. The maximum atomic E-state index is 11.4. The highest BCUT2D eigenvalue weighted by Gasteiger charge is 2.07. The van der Waals surface area contributed by atoms with Crippen molar-refractivity contribution in [1.29, 1.82) is 0 Å². The lowest BCUT2D eigenvalue weighted by Crippen LogP contribution is -2.21. The molecule has 5 heteroatoms. The molecule has 1 aromatic rings. The Hall–Kier alpha value is -2.30. The van der Waals surface area contributed by atoms with Gasteiger partial charge in [0.15, 0.2) is 0 Å². The van der Waals surface area contributed by atoms with Crippen LogP contribution in [-0.4, -0.2) is 24.1 Å². The lowest BCUT2D eigenvalue weighted by molar-refractivity contribution is -0.131. The number of hydrogen-bond acceptors (Lipinski definition) is 3. The van der Waals surface area contributed by atoms with Gasteiger partial charge in [0, 0.05) is 18.7 Å². The van der Waals surface area contributed by atoms with Crippen molar-refractivity contribution in [3.8, 4) is 5.75 Å². The second kappa shape index (κ2) is 6.58. The van der Waals surface area contributed by atoms with Crippen LogP contribution in [0.1, 0.15) is 16.7 Å². The second-order valence-electron chi connectivity index (χ2n) is 4.07. The Bertz CT molecular complexity index is 520. The monoisotopic (exact) mass is 263 g/mol. The number of ether oxygens (including phenoxy) is 1. The van der Waals surface area contributed by atoms with Crippen LogP contribution >= 0.6 is 0 Å². The number of carbonyl (C=O) groups is 2. The third-order valence-corrected chi connectivity index (χ3v) is 2.90. The first-order valence-corrected chi connectivity index (χ1v) is 5.77. The molecule has 5 nitrogen and oxygen atoms in total. The van der Waals surface area contributed by atoms with Crippen molar-refractivity contribution in [2.75, 3.05) is 7.11 Å². The molecule has 0 bridgehead atoms. The van der Waals surface area contributed by atoms with Crippen molar-refractivity contribution in [2.45, 2.75) is 20.4 Å². The molecule has 0 saturated carbocycles. The lowest BCUT2D eigenvalue weighted by Gasteiger charge is -2.12. The molecule has 19 heavy (non-hydrogen) atoms. The molecule has 0 aliphatic carbocycles. The van der Waals surface area contributed by atoms with Gasteiger partial charge >= 0.3 is 5.97 Å². The van der Waals surface area contributed by atoms with E-state index >= 15 is 0 Å². The fourth-order valence-corrected chi connectivity index (χ4v) is 1.65. The zero-order valence-corrected chi connectivity index (χ0v) is 11.2. The Labute approximate surface area is 111 Å². The van der Waals surface area contributed by atoms with E-state index < -0.39 is 11.9 Å². The Morgan fingerprint density at radius 3 is 2.53 bits per heavy atom. The van der Waals surface area contributed by atoms with Gasteiger partial charge in [-0.25, -0.2) is 4.79 Å². The van der Waals surface area contributed by atoms with Crippen LogP contribution in [0.25, 0.3) is 0 Å². The highest BCUT2D eigenvalue weighted by molar-refractivity contribution is 5.93. The summed E-state index contributed by atoms with van der Waals surface area (Å²) in [6, 6.07) is 3.72. The minimum absolute atomic E-state index is 0.347. The molecule has 1 aromatic carbocycles. The van der Waals surface area contributed by atoms with Gasteiger partial charge < -0.3 is 15.2 Å². The number of aliphatic carboxylic acids is 1. The molecular formula is C14H17NO4. The van der Waals surface area contributed by atoms with Gasteiger partial charge in [-0.3, -0.25) is 4.79 Å². The molecule has 0 atom stereocenters. The molecule has 0 radical (unpaired) electrons. The number of methoxy groups -OCH3 is 1. The summed E-state index contributed by atoms with van der Waals surface area (Å²) in [5.41, 5.74) is 3.03. The smallest absolute Gasteiger partial charge is 0.328 e. The third-order valence-electron chi connectivity index (χ3n) is 2.90. The van der Waals surface area contributed by atoms with E-state index in [1.165, 1.54) is 0 Å². The van der Waals surface area contributed by atoms with E-state index in [0.29, 0.717) is 6.54 Å². The van der Waals surface area contributed by atoms with Crippen LogP contribution in [-0.2, 0) is 16.1 Å². The van der Waals surface area contributed by atoms with Gasteiger partial charge in [-0.15, -0.1) is 0 Å². The molecule has 0 saturated heterocycles. The summed E-state index contributed by atoms with van der Waals surface area (Å²) >= 11 is 0. The van der Waals surface area contributed by atoms with E-state index in [9.17, 15) is 9.59 Å². The fraction of sp³-hybridized carbons (Fsp3) is 0.286. The van der Waals surface area contributed by atoms with E-state index in [2.05, 4.69) is 5.32 Å². The van der Waals surface area contributed by atoms with Crippen LogP contribution < -0.4 is 10.1 Å². The molecule has 0 fully saturated rings. The van der Waals surface area contributed by atoms with Crippen LogP contribution in [0.2, 0.25) is 0 Å². The zero-order valence-electron chi connectivity index (χ0n) is 11.2. The van der Waals surface area contributed by atoms with E-state index in [-0.39, 0.29) is 0 Å². The number of hydrogen-bond donors (Lipinski definition) is 2. The summed E-state index contributed by atoms with van der Waals surface area (Å²) in [5.74, 6) is -0.778. The van der Waals surface area contributed by atoms with E-state index in [1.54, 1.807) is 7.11 Å². The highest BCUT2D eigenvalue weighted by Crippen LogP contribution is 2.23. The Morgan fingerprint density at radius 1 is 1.26 bits per heavy atom. The lowest BCUT2D eigenvalue weighted by atomic mass is 10.0. The van der Waals surface area contributed by atoms with E-state index in [0.717, 1.165) is 34.6 Å². The van der Waals surface area contributed by atoms with Gasteiger partial charge in [0.25, 0.3) is 0 Å². The molecule has 1 rings (SSSR count). The molecule has 0 spiro atoms. The summed E-state index contributed by atoms with van der Waals surface area (Å²) in [4.78, 5) is 21.6. The molecule has 2 N–H and O–H groups in total. The predicted octanol–water partition coefficient (Wildman–Crippen LogP) is 1.57. The number of carboxylic acids is 1. The van der Waals surface area contributed by atoms with Gasteiger partial charge in [0.2, 0.25) is 5.91 Å². The first kappa shape index (κ1) is 14.8. The standard InChI is InChI=1S/C14H17NO4/c1-9-10(2)12(19-3)5-4-11(9)8-15-13(16)6-7-14(17)18/h4-7H,8H2,1-3H3,(H,15,16)(H,17,18)/b7-6+. The number of rotatable bonds is 5. The molecule has 0 aromatic heterocycles. The third kappa shape index (κ3) is 4.13. The summed E-state index contributed by atoms with van der Waals surface area (Å²) in [6.07, 6.45) is 1.80. The topological polar surface area (TPSA) is 75.6 Å². The minimum atomic E-state index is -1.15. The maximum Gasteiger partial charge on any atom is 0.328 e. The average molecular weight is 263 g/mol. The number of nitrogens with one attached hydrogen (secondary N) is 1. The largest absolute Gasteiger partial charge is 0.496 e. The Morgan fingerprint density at radius 2 is 1.95 bits per heavy atom. The summed E-state index contributed by atoms with van der Waals surface area (Å²) in [6.45, 7) is 4.25. The molecule has 1 amide bonds. The number of carboxylic acid groups (broad SMARTS) is 1. The van der Waals surface area contributed by atoms with Crippen molar-refractivity contribution in [2.24, 2.45) is 0 Å². The fourth-order valence-electron chi connectivity index (χ4n) is 1.65. The molecular weight excluding hydrogens is 246 g/mol. The van der Waals surface area contributed by atoms with E-state index in [1.807, 2.05) is 26.0 Å². The number of carbonyl (C=O) groups excluding carboxylic acids is 1. The molecule has 0 unspecified atom stereocenters. The Kier molecular flexibility index (Phi) is 5.11. The Balaban J connectivity index is 2.71. The normalized spacial score (nSPS) is 10.5. The zero-order chi connectivity index (χ0) is 14.4. The van der Waals surface area contributed by atoms with Gasteiger partial charge in [-0.1, -0.05) is 6.07 Å². The molecule has 0 aliphatic rings. The number of benzene rings is 1. The maximum absolute atomic E-state index is 11.4. The number of amides is 1. The van der Waals surface area contributed by atoms with Crippen molar-refractivity contribution in [1.82, 2.24) is 5.32 Å². The molecule has 102 valence electrons.